The summed E-state index contributed by atoms with van der Waals surface area (Å²) in [6.45, 7) is -0.537. The second-order valence-corrected chi connectivity index (χ2v) is 5.73. The molecular weight excluding hydrogens is 362 g/mol. The third-order valence-corrected chi connectivity index (χ3v) is 3.83. The zero-order valence-corrected chi connectivity index (χ0v) is 13.9. The van der Waals surface area contributed by atoms with Crippen molar-refractivity contribution in [3.8, 4) is 0 Å². The normalized spacial score (nSPS) is 10.5. The van der Waals surface area contributed by atoms with Crippen molar-refractivity contribution in [2.24, 2.45) is 0 Å². The van der Waals surface area contributed by atoms with E-state index in [4.69, 9.17) is 16.3 Å². The van der Waals surface area contributed by atoms with Crippen LogP contribution in [0, 0.1) is 10.1 Å². The molecule has 132 valence electrons. The molecule has 2 N–H and O–H groups in total. The molecule has 26 heavy (non-hydrogen) atoms. The fourth-order valence-corrected chi connectivity index (χ4v) is 2.51. The van der Waals surface area contributed by atoms with Crippen LogP contribution in [-0.4, -0.2) is 28.4 Å². The van der Waals surface area contributed by atoms with Crippen molar-refractivity contribution in [3.63, 3.8) is 0 Å². The molecule has 8 nitrogen and oxygen atoms in total. The van der Waals surface area contributed by atoms with E-state index in [0.717, 1.165) is 17.0 Å². The predicted molar refractivity (Wildman–Crippen MR) is 95.3 cm³/mol. The minimum atomic E-state index is -0.682. The summed E-state index contributed by atoms with van der Waals surface area (Å²) >= 11 is 5.70. The van der Waals surface area contributed by atoms with Gasteiger partial charge in [-0.05, 0) is 24.3 Å². The zero-order chi connectivity index (χ0) is 18.7. The van der Waals surface area contributed by atoms with Crippen LogP contribution < -0.4 is 5.32 Å². The van der Waals surface area contributed by atoms with Crippen LogP contribution in [0.4, 0.5) is 11.4 Å². The lowest BCUT2D eigenvalue weighted by Gasteiger charge is -2.06. The fourth-order valence-electron chi connectivity index (χ4n) is 2.32. The number of H-pyrrole nitrogens is 1. The highest BCUT2D eigenvalue weighted by molar-refractivity contribution is 6.32. The first-order valence-electron chi connectivity index (χ1n) is 7.43. The molecule has 0 bridgehead atoms. The number of nitrogens with one attached hydrogen (secondary N) is 2. The molecule has 0 aliphatic heterocycles. The number of aromatic amines is 1. The van der Waals surface area contributed by atoms with Gasteiger partial charge in [-0.3, -0.25) is 14.9 Å². The standard InChI is InChI=1S/C17H12ClN3O5/c18-12-6-5-11(8-15(12)21(24)25)19-16(22)9-26-17(23)14-7-10-3-1-2-4-13(10)20-14/h1-8,20H,9H2,(H,19,22). The molecule has 1 aromatic heterocycles. The number of nitro groups is 1. The third-order valence-electron chi connectivity index (χ3n) is 3.51. The molecule has 0 aliphatic rings. The first-order valence-corrected chi connectivity index (χ1v) is 7.80. The molecular formula is C17H12ClN3O5. The first kappa shape index (κ1) is 17.4. The molecule has 3 aromatic rings. The number of anilines is 1. The lowest BCUT2D eigenvalue weighted by molar-refractivity contribution is -0.384. The van der Waals surface area contributed by atoms with Crippen molar-refractivity contribution >= 4 is 45.8 Å². The maximum atomic E-state index is 12.0. The number of ether oxygens (including phenoxy) is 1. The van der Waals surface area contributed by atoms with Crippen molar-refractivity contribution in [1.82, 2.24) is 4.98 Å². The largest absolute Gasteiger partial charge is 0.451 e. The van der Waals surface area contributed by atoms with Crippen LogP contribution in [0.1, 0.15) is 10.5 Å². The lowest BCUT2D eigenvalue weighted by Crippen LogP contribution is -2.21. The Morgan fingerprint density at radius 3 is 2.69 bits per heavy atom. The molecule has 2 aromatic carbocycles. The number of para-hydroxylation sites is 1. The van der Waals surface area contributed by atoms with E-state index in [0.29, 0.717) is 0 Å². The van der Waals surface area contributed by atoms with Gasteiger partial charge < -0.3 is 15.0 Å². The van der Waals surface area contributed by atoms with Crippen molar-refractivity contribution in [2.75, 3.05) is 11.9 Å². The number of hydrogen-bond donors (Lipinski definition) is 2. The average Bonchev–Trinajstić information content (AvgIpc) is 3.05. The Labute approximate surface area is 151 Å². The number of carbonyl (C=O) groups is 2. The number of benzene rings is 2. The topological polar surface area (TPSA) is 114 Å². The summed E-state index contributed by atoms with van der Waals surface area (Å²) in [7, 11) is 0. The second kappa shape index (κ2) is 7.24. The van der Waals surface area contributed by atoms with Crippen LogP contribution in [0.5, 0.6) is 0 Å². The summed E-state index contributed by atoms with van der Waals surface area (Å²) in [5.41, 5.74) is 0.839. The third kappa shape index (κ3) is 3.81. The van der Waals surface area contributed by atoms with Gasteiger partial charge in [0, 0.05) is 22.7 Å². The van der Waals surface area contributed by atoms with Crippen LogP contribution in [0.2, 0.25) is 5.02 Å². The highest BCUT2D eigenvalue weighted by Crippen LogP contribution is 2.27. The molecule has 0 atom stereocenters. The van der Waals surface area contributed by atoms with Gasteiger partial charge in [-0.15, -0.1) is 0 Å². The summed E-state index contributed by atoms with van der Waals surface area (Å²) < 4.78 is 4.95. The second-order valence-electron chi connectivity index (χ2n) is 5.32. The van der Waals surface area contributed by atoms with Crippen LogP contribution in [0.3, 0.4) is 0 Å². The quantitative estimate of drug-likeness (QED) is 0.403. The number of carbonyl (C=O) groups excluding carboxylic acids is 2. The van der Waals surface area contributed by atoms with Crippen molar-refractivity contribution in [1.29, 1.82) is 0 Å². The molecule has 0 unspecified atom stereocenters. The molecule has 0 fully saturated rings. The number of fused-ring (bicyclic) bond motifs is 1. The molecule has 9 heteroatoms. The molecule has 3 rings (SSSR count). The number of esters is 1. The number of aromatic nitrogens is 1. The minimum Gasteiger partial charge on any atom is -0.451 e. The van der Waals surface area contributed by atoms with E-state index in [9.17, 15) is 19.7 Å². The molecule has 0 aliphatic carbocycles. The highest BCUT2D eigenvalue weighted by Gasteiger charge is 2.16. The van der Waals surface area contributed by atoms with E-state index in [-0.39, 0.29) is 22.1 Å². The number of rotatable bonds is 5. The SMILES string of the molecule is O=C(COC(=O)c1cc2ccccc2[nH]1)Nc1ccc(Cl)c([N+](=O)[O-])c1. The van der Waals surface area contributed by atoms with Crippen LogP contribution in [0.25, 0.3) is 10.9 Å². The zero-order valence-electron chi connectivity index (χ0n) is 13.2. The highest BCUT2D eigenvalue weighted by atomic mass is 35.5. The molecule has 1 amide bonds. The Balaban J connectivity index is 1.61. The maximum absolute atomic E-state index is 12.0. The Morgan fingerprint density at radius 1 is 1.19 bits per heavy atom. The summed E-state index contributed by atoms with van der Waals surface area (Å²) in [6, 6.07) is 12.8. The van der Waals surface area contributed by atoms with Gasteiger partial charge in [0.1, 0.15) is 10.7 Å². The van der Waals surface area contributed by atoms with Gasteiger partial charge in [0.2, 0.25) is 0 Å². The molecule has 0 saturated heterocycles. The van der Waals surface area contributed by atoms with E-state index in [1.165, 1.54) is 12.1 Å². The Bertz CT molecular complexity index is 982. The van der Waals surface area contributed by atoms with Crippen LogP contribution in [-0.2, 0) is 9.53 Å². The van der Waals surface area contributed by atoms with E-state index in [1.807, 2.05) is 24.3 Å². The number of nitrogens with zero attached hydrogens (tertiary/aromatic N) is 1. The van der Waals surface area contributed by atoms with Gasteiger partial charge in [0.15, 0.2) is 6.61 Å². The summed E-state index contributed by atoms with van der Waals surface area (Å²) in [5.74, 6) is -1.32. The number of nitro benzene ring substituents is 1. The first-order chi connectivity index (χ1) is 12.4. The monoisotopic (exact) mass is 373 g/mol. The lowest BCUT2D eigenvalue weighted by atomic mass is 10.2. The van der Waals surface area contributed by atoms with Crippen LogP contribution >= 0.6 is 11.6 Å². The van der Waals surface area contributed by atoms with E-state index in [1.54, 1.807) is 6.07 Å². The van der Waals surface area contributed by atoms with E-state index < -0.39 is 23.4 Å². The Morgan fingerprint density at radius 2 is 1.96 bits per heavy atom. The van der Waals surface area contributed by atoms with Crippen molar-refractivity contribution < 1.29 is 19.2 Å². The summed E-state index contributed by atoms with van der Waals surface area (Å²) in [5, 5.41) is 14.1. The van der Waals surface area contributed by atoms with Gasteiger partial charge in [-0.2, -0.15) is 0 Å². The number of hydrogen-bond acceptors (Lipinski definition) is 5. The Hall–Kier alpha value is -3.39. The van der Waals surface area contributed by atoms with Crippen molar-refractivity contribution in [2.45, 2.75) is 0 Å². The van der Waals surface area contributed by atoms with Gasteiger partial charge in [-0.1, -0.05) is 29.8 Å². The van der Waals surface area contributed by atoms with Gasteiger partial charge in [-0.25, -0.2) is 4.79 Å². The van der Waals surface area contributed by atoms with Gasteiger partial charge >= 0.3 is 5.97 Å². The summed E-state index contributed by atoms with van der Waals surface area (Å²) in [4.78, 5) is 37.0. The smallest absolute Gasteiger partial charge is 0.355 e. The minimum absolute atomic E-state index is 0.0433. The molecule has 0 saturated carbocycles. The van der Waals surface area contributed by atoms with Gasteiger partial charge in [0.25, 0.3) is 11.6 Å². The summed E-state index contributed by atoms with van der Waals surface area (Å²) in [6.07, 6.45) is 0. The fraction of sp³-hybridized carbons (Fsp3) is 0.0588. The van der Waals surface area contributed by atoms with Gasteiger partial charge in [0.05, 0.1) is 4.92 Å². The van der Waals surface area contributed by atoms with Crippen molar-refractivity contribution in [3.05, 3.63) is 69.4 Å². The van der Waals surface area contributed by atoms with E-state index in [2.05, 4.69) is 10.3 Å². The Kier molecular flexibility index (Phi) is 4.85. The van der Waals surface area contributed by atoms with Crippen LogP contribution in [0.15, 0.2) is 48.5 Å². The molecule has 0 radical (unpaired) electrons. The molecule has 1 heterocycles. The van der Waals surface area contributed by atoms with E-state index >= 15 is 0 Å². The number of amides is 1. The predicted octanol–water partition coefficient (Wildman–Crippen LogP) is 3.53. The molecule has 0 spiro atoms. The number of halogens is 1. The maximum Gasteiger partial charge on any atom is 0.355 e. The average molecular weight is 374 g/mol.